The van der Waals surface area contributed by atoms with Gasteiger partial charge in [-0.25, -0.2) is 0 Å². The van der Waals surface area contributed by atoms with Crippen LogP contribution in [-0.2, 0) is 17.6 Å². The second-order valence-corrected chi connectivity index (χ2v) is 8.17. The van der Waals surface area contributed by atoms with Crippen LogP contribution < -0.4 is 5.32 Å². The van der Waals surface area contributed by atoms with E-state index >= 15 is 0 Å². The van der Waals surface area contributed by atoms with Gasteiger partial charge in [0.05, 0.1) is 5.92 Å². The highest BCUT2D eigenvalue weighted by Crippen LogP contribution is 2.29. The molecule has 1 unspecified atom stereocenters. The smallest absolute Gasteiger partial charge is 0.253 e. The predicted molar refractivity (Wildman–Crippen MR) is 112 cm³/mol. The van der Waals surface area contributed by atoms with Crippen molar-refractivity contribution in [2.45, 2.75) is 38.5 Å². The summed E-state index contributed by atoms with van der Waals surface area (Å²) in [5.74, 6) is -0.191. The van der Waals surface area contributed by atoms with Gasteiger partial charge in [-0.1, -0.05) is 23.7 Å². The minimum Gasteiger partial charge on any atom is -0.338 e. The van der Waals surface area contributed by atoms with Gasteiger partial charge in [-0.05, 0) is 80.0 Å². The fourth-order valence-electron chi connectivity index (χ4n) is 4.28. The first-order valence-electron chi connectivity index (χ1n) is 10.1. The Hall–Kier alpha value is -2.33. The van der Waals surface area contributed by atoms with Crippen molar-refractivity contribution in [2.24, 2.45) is 5.92 Å². The second-order valence-electron chi connectivity index (χ2n) is 7.74. The summed E-state index contributed by atoms with van der Waals surface area (Å²) in [5, 5.41) is 3.76. The topological polar surface area (TPSA) is 49.4 Å². The Kier molecular flexibility index (Phi) is 5.67. The molecule has 1 aliphatic carbocycles. The van der Waals surface area contributed by atoms with Crippen molar-refractivity contribution in [3.63, 3.8) is 0 Å². The number of anilines is 1. The number of aryl methyl sites for hydroxylation is 1. The van der Waals surface area contributed by atoms with Gasteiger partial charge in [0.15, 0.2) is 0 Å². The molecular weight excluding hydrogens is 372 g/mol. The van der Waals surface area contributed by atoms with Crippen molar-refractivity contribution in [1.29, 1.82) is 0 Å². The van der Waals surface area contributed by atoms with Gasteiger partial charge in [-0.3, -0.25) is 9.59 Å². The Morgan fingerprint density at radius 1 is 1.00 bits per heavy atom. The molecule has 1 saturated heterocycles. The molecule has 4 rings (SSSR count). The molecule has 0 bridgehead atoms. The lowest BCUT2D eigenvalue weighted by Gasteiger charge is -2.32. The average Bonchev–Trinajstić information content (AvgIpc) is 2.74. The lowest BCUT2D eigenvalue weighted by Crippen LogP contribution is -2.43. The number of rotatable bonds is 3. The monoisotopic (exact) mass is 396 g/mol. The molecule has 1 atom stereocenters. The lowest BCUT2D eigenvalue weighted by atomic mass is 9.90. The van der Waals surface area contributed by atoms with Crippen LogP contribution in [0.3, 0.4) is 0 Å². The van der Waals surface area contributed by atoms with Gasteiger partial charge in [0.25, 0.3) is 5.91 Å². The summed E-state index contributed by atoms with van der Waals surface area (Å²) >= 11 is 5.92. The number of hydrogen-bond acceptors (Lipinski definition) is 2. The fourth-order valence-corrected chi connectivity index (χ4v) is 4.41. The summed E-state index contributed by atoms with van der Waals surface area (Å²) < 4.78 is 0. The Morgan fingerprint density at radius 3 is 2.61 bits per heavy atom. The molecule has 2 aromatic carbocycles. The maximum Gasteiger partial charge on any atom is 0.253 e. The summed E-state index contributed by atoms with van der Waals surface area (Å²) in [4.78, 5) is 27.5. The number of nitrogens with one attached hydrogen (secondary N) is 1. The van der Waals surface area contributed by atoms with Crippen molar-refractivity contribution in [2.75, 3.05) is 18.4 Å². The van der Waals surface area contributed by atoms with E-state index in [-0.39, 0.29) is 17.7 Å². The molecule has 1 aliphatic heterocycles. The van der Waals surface area contributed by atoms with Gasteiger partial charge in [0.2, 0.25) is 5.91 Å². The van der Waals surface area contributed by atoms with Crippen LogP contribution in [0.1, 0.15) is 47.2 Å². The van der Waals surface area contributed by atoms with Crippen LogP contribution >= 0.6 is 11.6 Å². The van der Waals surface area contributed by atoms with Gasteiger partial charge in [0.1, 0.15) is 0 Å². The molecule has 1 fully saturated rings. The van der Waals surface area contributed by atoms with Crippen molar-refractivity contribution >= 4 is 29.1 Å². The summed E-state index contributed by atoms with van der Waals surface area (Å²) in [6.07, 6.45) is 6.15. The second kappa shape index (κ2) is 8.36. The fraction of sp³-hybridized carbons (Fsp3) is 0.391. The van der Waals surface area contributed by atoms with E-state index in [1.165, 1.54) is 24.0 Å². The summed E-state index contributed by atoms with van der Waals surface area (Å²) in [7, 11) is 0. The summed E-state index contributed by atoms with van der Waals surface area (Å²) in [6, 6.07) is 13.1. The zero-order chi connectivity index (χ0) is 19.5. The van der Waals surface area contributed by atoms with Crippen LogP contribution in [0.2, 0.25) is 5.02 Å². The molecule has 146 valence electrons. The number of fused-ring (bicyclic) bond motifs is 1. The third-order valence-electron chi connectivity index (χ3n) is 5.82. The average molecular weight is 397 g/mol. The number of hydrogen-bond donors (Lipinski definition) is 1. The molecular formula is C23H25ClN2O2. The number of amides is 2. The Labute approximate surface area is 170 Å². The molecule has 2 aromatic rings. The largest absolute Gasteiger partial charge is 0.338 e. The molecule has 4 nitrogen and oxygen atoms in total. The molecule has 0 saturated carbocycles. The van der Waals surface area contributed by atoms with Crippen molar-refractivity contribution in [3.05, 3.63) is 64.2 Å². The molecule has 2 aliphatic rings. The number of carbonyl (C=O) groups is 2. The van der Waals surface area contributed by atoms with E-state index in [0.717, 1.165) is 31.4 Å². The minimum absolute atomic E-state index is 0.0209. The molecule has 0 aromatic heterocycles. The summed E-state index contributed by atoms with van der Waals surface area (Å²) in [6.45, 7) is 1.15. The summed E-state index contributed by atoms with van der Waals surface area (Å²) in [5.41, 5.74) is 4.20. The number of carbonyl (C=O) groups excluding carboxylic acids is 2. The van der Waals surface area contributed by atoms with Gasteiger partial charge in [-0.2, -0.15) is 0 Å². The maximum atomic E-state index is 12.9. The number of benzene rings is 2. The van der Waals surface area contributed by atoms with Gasteiger partial charge in [-0.15, -0.1) is 0 Å². The van der Waals surface area contributed by atoms with Gasteiger partial charge < -0.3 is 10.2 Å². The number of likely N-dealkylation sites (tertiary alicyclic amines) is 1. The zero-order valence-electron chi connectivity index (χ0n) is 15.9. The molecule has 0 radical (unpaired) electrons. The first-order chi connectivity index (χ1) is 13.6. The molecule has 5 heteroatoms. The van der Waals surface area contributed by atoms with Crippen molar-refractivity contribution < 1.29 is 9.59 Å². The quantitative estimate of drug-likeness (QED) is 0.816. The first-order valence-corrected chi connectivity index (χ1v) is 10.5. The van der Waals surface area contributed by atoms with Crippen LogP contribution in [0.15, 0.2) is 42.5 Å². The Balaban J connectivity index is 1.44. The SMILES string of the molecule is O=C(Nc1cccc2c1CCCC2)C1CCCN(C(=O)c2ccc(Cl)cc2)C1. The maximum absolute atomic E-state index is 12.9. The number of halogens is 1. The molecule has 1 heterocycles. The molecule has 0 spiro atoms. The normalized spacial score (nSPS) is 19.0. The van der Waals surface area contributed by atoms with E-state index in [4.69, 9.17) is 11.6 Å². The van der Waals surface area contributed by atoms with E-state index < -0.39 is 0 Å². The van der Waals surface area contributed by atoms with Crippen LogP contribution in [0.25, 0.3) is 0 Å². The highest BCUT2D eigenvalue weighted by atomic mass is 35.5. The first kappa shape index (κ1) is 19.0. The third-order valence-corrected chi connectivity index (χ3v) is 6.08. The van der Waals surface area contributed by atoms with E-state index in [0.29, 0.717) is 23.7 Å². The number of piperidine rings is 1. The van der Waals surface area contributed by atoms with E-state index in [1.807, 2.05) is 12.1 Å². The van der Waals surface area contributed by atoms with Crippen LogP contribution in [0.5, 0.6) is 0 Å². The predicted octanol–water partition coefficient (Wildman–Crippen LogP) is 4.71. The van der Waals surface area contributed by atoms with Gasteiger partial charge >= 0.3 is 0 Å². The van der Waals surface area contributed by atoms with E-state index in [1.54, 1.807) is 29.2 Å². The van der Waals surface area contributed by atoms with E-state index in [2.05, 4.69) is 11.4 Å². The highest BCUT2D eigenvalue weighted by Gasteiger charge is 2.29. The van der Waals surface area contributed by atoms with Gasteiger partial charge in [0, 0.05) is 29.4 Å². The molecule has 28 heavy (non-hydrogen) atoms. The highest BCUT2D eigenvalue weighted by molar-refractivity contribution is 6.30. The molecule has 1 N–H and O–H groups in total. The van der Waals surface area contributed by atoms with Crippen molar-refractivity contribution in [3.8, 4) is 0 Å². The third kappa shape index (κ3) is 4.07. The van der Waals surface area contributed by atoms with Crippen LogP contribution in [0, 0.1) is 5.92 Å². The Morgan fingerprint density at radius 2 is 1.79 bits per heavy atom. The zero-order valence-corrected chi connectivity index (χ0v) is 16.7. The standard InChI is InChI=1S/C23H25ClN2O2/c24-19-12-10-17(11-13-19)23(28)26-14-4-7-18(15-26)22(27)25-21-9-3-6-16-5-1-2-8-20(16)21/h3,6,9-13,18H,1-2,4-5,7-8,14-15H2,(H,25,27). The van der Waals surface area contributed by atoms with E-state index in [9.17, 15) is 9.59 Å². The minimum atomic E-state index is -0.176. The Bertz CT molecular complexity index is 879. The van der Waals surface area contributed by atoms with Crippen LogP contribution in [0.4, 0.5) is 5.69 Å². The van der Waals surface area contributed by atoms with Crippen LogP contribution in [-0.4, -0.2) is 29.8 Å². The lowest BCUT2D eigenvalue weighted by molar-refractivity contribution is -0.121. The van der Waals surface area contributed by atoms with Crippen molar-refractivity contribution in [1.82, 2.24) is 4.90 Å². The number of nitrogens with zero attached hydrogens (tertiary/aromatic N) is 1. The molecule has 2 amide bonds.